The number of anilines is 1. The van der Waals surface area contributed by atoms with Gasteiger partial charge in [-0.3, -0.25) is 5.32 Å². The standard InChI is InChI=1S/C12H14BCl2NO4/c1-12(2,3)20-11(17)16-10-7(14)4-6-5-19-13(18)8(6)9(10)15/h4,18H,5H2,1-3H3,(H,16,17). The van der Waals surface area contributed by atoms with Crippen LogP contribution in [0.1, 0.15) is 26.3 Å². The van der Waals surface area contributed by atoms with Gasteiger partial charge >= 0.3 is 13.2 Å². The zero-order chi connectivity index (χ0) is 15.1. The number of nitrogens with one attached hydrogen (secondary N) is 1. The van der Waals surface area contributed by atoms with E-state index in [9.17, 15) is 9.82 Å². The minimum Gasteiger partial charge on any atom is -0.444 e. The molecule has 0 radical (unpaired) electrons. The van der Waals surface area contributed by atoms with Gasteiger partial charge in [-0.1, -0.05) is 23.2 Å². The van der Waals surface area contributed by atoms with Crippen LogP contribution in [-0.4, -0.2) is 23.8 Å². The average molecular weight is 318 g/mol. The van der Waals surface area contributed by atoms with E-state index in [1.165, 1.54) is 0 Å². The van der Waals surface area contributed by atoms with Crippen LogP contribution in [0, 0.1) is 0 Å². The number of rotatable bonds is 1. The summed E-state index contributed by atoms with van der Waals surface area (Å²) >= 11 is 12.3. The normalized spacial score (nSPS) is 14.2. The highest BCUT2D eigenvalue weighted by molar-refractivity contribution is 6.66. The van der Waals surface area contributed by atoms with Crippen LogP contribution in [-0.2, 0) is 16.0 Å². The number of carbonyl (C=O) groups excluding carboxylic acids is 1. The summed E-state index contributed by atoms with van der Waals surface area (Å²) in [4.78, 5) is 11.8. The van der Waals surface area contributed by atoms with Crippen LogP contribution < -0.4 is 10.8 Å². The Morgan fingerprint density at radius 3 is 2.75 bits per heavy atom. The zero-order valence-corrected chi connectivity index (χ0v) is 12.8. The van der Waals surface area contributed by atoms with E-state index < -0.39 is 18.8 Å². The van der Waals surface area contributed by atoms with Crippen LogP contribution in [0.3, 0.4) is 0 Å². The molecular weight excluding hydrogens is 304 g/mol. The van der Waals surface area contributed by atoms with Crippen LogP contribution in [0.25, 0.3) is 0 Å². The van der Waals surface area contributed by atoms with Crippen molar-refractivity contribution in [3.05, 3.63) is 21.7 Å². The van der Waals surface area contributed by atoms with Crippen molar-refractivity contribution < 1.29 is 19.2 Å². The molecule has 1 heterocycles. The van der Waals surface area contributed by atoms with E-state index in [0.717, 1.165) is 0 Å². The van der Waals surface area contributed by atoms with Crippen LogP contribution >= 0.6 is 23.2 Å². The Kier molecular flexibility index (Phi) is 4.20. The molecule has 0 aliphatic carbocycles. The molecule has 0 atom stereocenters. The topological polar surface area (TPSA) is 67.8 Å². The fourth-order valence-corrected chi connectivity index (χ4v) is 2.53. The van der Waals surface area contributed by atoms with E-state index in [-0.39, 0.29) is 22.3 Å². The minimum atomic E-state index is -1.12. The number of benzene rings is 1. The maximum Gasteiger partial charge on any atom is 0.493 e. The van der Waals surface area contributed by atoms with Crippen LogP contribution in [0.2, 0.25) is 10.0 Å². The second-order valence-corrected chi connectivity index (χ2v) is 6.20. The summed E-state index contributed by atoms with van der Waals surface area (Å²) in [7, 11) is -1.12. The molecule has 1 aromatic carbocycles. The van der Waals surface area contributed by atoms with Crippen LogP contribution in [0.4, 0.5) is 10.5 Å². The second-order valence-electron chi connectivity index (χ2n) is 5.41. The number of halogens is 2. The number of fused-ring (bicyclic) bond motifs is 1. The molecule has 0 fully saturated rings. The van der Waals surface area contributed by atoms with Gasteiger partial charge in [0.15, 0.2) is 0 Å². The SMILES string of the molecule is CC(C)(C)OC(=O)Nc1c(Cl)cc2c(c1Cl)B(O)OC2. The molecule has 1 amide bonds. The first kappa shape index (κ1) is 15.4. The highest BCUT2D eigenvalue weighted by atomic mass is 35.5. The Morgan fingerprint density at radius 1 is 1.50 bits per heavy atom. The Bertz CT molecular complexity index is 559. The first-order chi connectivity index (χ1) is 9.19. The zero-order valence-electron chi connectivity index (χ0n) is 11.3. The molecular formula is C12H14BCl2NO4. The smallest absolute Gasteiger partial charge is 0.444 e. The van der Waals surface area contributed by atoms with Gasteiger partial charge in [-0.2, -0.15) is 0 Å². The molecule has 0 unspecified atom stereocenters. The summed E-state index contributed by atoms with van der Waals surface area (Å²) in [5, 5.41) is 12.6. The van der Waals surface area contributed by atoms with Crippen LogP contribution in [0.5, 0.6) is 0 Å². The van der Waals surface area contributed by atoms with E-state index in [1.807, 2.05) is 0 Å². The fraction of sp³-hybridized carbons (Fsp3) is 0.417. The molecule has 0 saturated carbocycles. The Labute approximate surface area is 127 Å². The van der Waals surface area contributed by atoms with Gasteiger partial charge in [-0.05, 0) is 32.4 Å². The van der Waals surface area contributed by atoms with Crippen molar-refractivity contribution in [2.45, 2.75) is 33.0 Å². The Hall–Kier alpha value is -0.945. The van der Waals surface area contributed by atoms with Crippen molar-refractivity contribution >= 4 is 47.6 Å². The van der Waals surface area contributed by atoms with E-state index >= 15 is 0 Å². The quantitative estimate of drug-likeness (QED) is 0.781. The molecule has 0 spiro atoms. The Morgan fingerprint density at radius 2 is 2.15 bits per heavy atom. The number of ether oxygens (including phenoxy) is 1. The Balaban J connectivity index is 2.29. The molecule has 1 aliphatic heterocycles. The third-order valence-corrected chi connectivity index (χ3v) is 3.30. The van der Waals surface area contributed by atoms with Gasteiger partial charge in [-0.25, -0.2) is 4.79 Å². The van der Waals surface area contributed by atoms with Crippen molar-refractivity contribution in [1.29, 1.82) is 0 Å². The summed E-state index contributed by atoms with van der Waals surface area (Å²) in [6, 6.07) is 1.60. The molecule has 1 aliphatic rings. The molecule has 8 heteroatoms. The first-order valence-corrected chi connectivity index (χ1v) is 6.75. The highest BCUT2D eigenvalue weighted by Crippen LogP contribution is 2.33. The van der Waals surface area contributed by atoms with E-state index in [0.29, 0.717) is 11.0 Å². The number of hydrogen-bond donors (Lipinski definition) is 2. The van der Waals surface area contributed by atoms with Gasteiger partial charge in [0.2, 0.25) is 0 Å². The number of hydrogen-bond acceptors (Lipinski definition) is 4. The van der Waals surface area contributed by atoms with Crippen molar-refractivity contribution in [3.8, 4) is 0 Å². The molecule has 0 aromatic heterocycles. The summed E-state index contributed by atoms with van der Waals surface area (Å²) in [5.74, 6) is 0. The molecule has 2 N–H and O–H groups in total. The predicted molar refractivity (Wildman–Crippen MR) is 78.7 cm³/mol. The third kappa shape index (κ3) is 3.20. The number of amides is 1. The van der Waals surface area contributed by atoms with Gasteiger partial charge < -0.3 is 14.4 Å². The average Bonchev–Trinajstić information content (AvgIpc) is 2.63. The van der Waals surface area contributed by atoms with Gasteiger partial charge in [-0.15, -0.1) is 0 Å². The maximum atomic E-state index is 11.8. The van der Waals surface area contributed by atoms with Gasteiger partial charge in [0.05, 0.1) is 22.3 Å². The van der Waals surface area contributed by atoms with Crippen molar-refractivity contribution in [1.82, 2.24) is 0 Å². The van der Waals surface area contributed by atoms with Crippen molar-refractivity contribution in [3.63, 3.8) is 0 Å². The minimum absolute atomic E-state index is 0.156. The van der Waals surface area contributed by atoms with Gasteiger partial charge in [0.25, 0.3) is 0 Å². The predicted octanol–water partition coefficient (Wildman–Crippen LogP) is 2.56. The van der Waals surface area contributed by atoms with E-state index in [1.54, 1.807) is 26.8 Å². The lowest BCUT2D eigenvalue weighted by Crippen LogP contribution is -2.31. The lowest BCUT2D eigenvalue weighted by atomic mass is 9.79. The third-order valence-electron chi connectivity index (χ3n) is 2.61. The second kappa shape index (κ2) is 5.45. The van der Waals surface area contributed by atoms with E-state index in [2.05, 4.69) is 5.32 Å². The van der Waals surface area contributed by atoms with Gasteiger partial charge in [0, 0.05) is 5.46 Å². The summed E-state index contributed by atoms with van der Waals surface area (Å²) < 4.78 is 10.2. The number of carbonyl (C=O) groups is 1. The van der Waals surface area contributed by atoms with Crippen molar-refractivity contribution in [2.75, 3.05) is 5.32 Å². The maximum absolute atomic E-state index is 11.8. The molecule has 108 valence electrons. The van der Waals surface area contributed by atoms with Crippen LogP contribution in [0.15, 0.2) is 6.07 Å². The van der Waals surface area contributed by atoms with Gasteiger partial charge in [0.1, 0.15) is 5.60 Å². The molecule has 5 nitrogen and oxygen atoms in total. The highest BCUT2D eigenvalue weighted by Gasteiger charge is 2.33. The molecule has 20 heavy (non-hydrogen) atoms. The molecule has 0 bridgehead atoms. The lowest BCUT2D eigenvalue weighted by molar-refractivity contribution is 0.0636. The first-order valence-electron chi connectivity index (χ1n) is 5.99. The summed E-state index contributed by atoms with van der Waals surface area (Å²) in [6.45, 7) is 5.46. The molecule has 0 saturated heterocycles. The lowest BCUT2D eigenvalue weighted by Gasteiger charge is -2.20. The molecule has 2 rings (SSSR count). The summed E-state index contributed by atoms with van der Waals surface area (Å²) in [6.07, 6.45) is -0.672. The molecule has 1 aromatic rings. The largest absolute Gasteiger partial charge is 0.493 e. The summed E-state index contributed by atoms with van der Waals surface area (Å²) in [5.41, 5.74) is 0.679. The monoisotopic (exact) mass is 317 g/mol. The van der Waals surface area contributed by atoms with Crippen molar-refractivity contribution in [2.24, 2.45) is 0 Å². The van der Waals surface area contributed by atoms with E-state index in [4.69, 9.17) is 32.6 Å². The fourth-order valence-electron chi connectivity index (χ4n) is 1.84.